The van der Waals surface area contributed by atoms with Crippen LogP contribution in [0.5, 0.6) is 0 Å². The second-order valence-corrected chi connectivity index (χ2v) is 4.96. The number of nitrogens with zero attached hydrogens (tertiary/aromatic N) is 1. The van der Waals surface area contributed by atoms with E-state index in [9.17, 15) is 4.79 Å². The van der Waals surface area contributed by atoms with Crippen molar-refractivity contribution in [2.45, 2.75) is 18.9 Å². The third-order valence-electron chi connectivity index (χ3n) is 3.47. The molecule has 0 unspecified atom stereocenters. The first-order valence-corrected chi connectivity index (χ1v) is 6.17. The summed E-state index contributed by atoms with van der Waals surface area (Å²) in [6.45, 7) is 5.03. The van der Waals surface area contributed by atoms with E-state index >= 15 is 0 Å². The van der Waals surface area contributed by atoms with Gasteiger partial charge in [0.25, 0.3) is 0 Å². The molecular formula is C11H22N4O. The number of carbonyl (C=O) groups is 1. The average Bonchev–Trinajstić information content (AvgIpc) is 2.19. The van der Waals surface area contributed by atoms with E-state index < -0.39 is 0 Å². The molecule has 2 rings (SSSR count). The molecule has 0 saturated carbocycles. The normalized spacial score (nSPS) is 23.8. The summed E-state index contributed by atoms with van der Waals surface area (Å²) in [5.41, 5.74) is 0. The molecule has 2 heterocycles. The van der Waals surface area contributed by atoms with Gasteiger partial charge in [0.2, 0.25) is 0 Å². The smallest absolute Gasteiger partial charge is 0.315 e. The first-order chi connectivity index (χ1) is 7.74. The molecule has 5 nitrogen and oxygen atoms in total. The van der Waals surface area contributed by atoms with Gasteiger partial charge in [-0.1, -0.05) is 0 Å². The van der Waals surface area contributed by atoms with Crippen molar-refractivity contribution < 1.29 is 4.79 Å². The molecule has 0 aromatic carbocycles. The van der Waals surface area contributed by atoms with Gasteiger partial charge in [-0.15, -0.1) is 0 Å². The van der Waals surface area contributed by atoms with Crippen LogP contribution >= 0.6 is 0 Å². The number of hydrogen-bond acceptors (Lipinski definition) is 3. The molecule has 2 fully saturated rings. The molecule has 0 aromatic rings. The van der Waals surface area contributed by atoms with Crippen molar-refractivity contribution in [3.63, 3.8) is 0 Å². The van der Waals surface area contributed by atoms with Crippen LogP contribution < -0.4 is 16.0 Å². The Hall–Kier alpha value is -0.810. The molecule has 0 radical (unpaired) electrons. The van der Waals surface area contributed by atoms with Gasteiger partial charge in [0.05, 0.1) is 0 Å². The highest BCUT2D eigenvalue weighted by molar-refractivity contribution is 5.74. The van der Waals surface area contributed by atoms with Crippen LogP contribution in [-0.4, -0.2) is 56.7 Å². The van der Waals surface area contributed by atoms with Crippen molar-refractivity contribution in [3.05, 3.63) is 0 Å². The molecule has 0 aromatic heterocycles. The van der Waals surface area contributed by atoms with E-state index in [1.54, 1.807) is 0 Å². The van der Waals surface area contributed by atoms with Crippen molar-refractivity contribution in [2.24, 2.45) is 5.92 Å². The number of hydrogen-bond donors (Lipinski definition) is 3. The molecule has 2 amide bonds. The number of likely N-dealkylation sites (tertiary alicyclic amines) is 1. The molecule has 2 saturated heterocycles. The maximum Gasteiger partial charge on any atom is 0.315 e. The van der Waals surface area contributed by atoms with Gasteiger partial charge in [-0.05, 0) is 33.0 Å². The quantitative estimate of drug-likeness (QED) is 0.614. The fourth-order valence-corrected chi connectivity index (χ4v) is 2.12. The van der Waals surface area contributed by atoms with E-state index in [0.29, 0.717) is 12.0 Å². The second kappa shape index (κ2) is 5.50. The molecule has 0 aliphatic carbocycles. The van der Waals surface area contributed by atoms with Crippen LogP contribution in [0.3, 0.4) is 0 Å². The number of carbonyl (C=O) groups excluding carboxylic acids is 1. The van der Waals surface area contributed by atoms with Gasteiger partial charge in [0.15, 0.2) is 0 Å². The summed E-state index contributed by atoms with van der Waals surface area (Å²) >= 11 is 0. The maximum absolute atomic E-state index is 11.6. The zero-order chi connectivity index (χ0) is 11.4. The monoisotopic (exact) mass is 226 g/mol. The molecule has 0 atom stereocenters. The molecule has 16 heavy (non-hydrogen) atoms. The topological polar surface area (TPSA) is 56.4 Å². The lowest BCUT2D eigenvalue weighted by atomic mass is 10.0. The van der Waals surface area contributed by atoms with Gasteiger partial charge in [0.1, 0.15) is 0 Å². The van der Waals surface area contributed by atoms with Crippen molar-refractivity contribution in [1.82, 2.24) is 20.9 Å². The lowest BCUT2D eigenvalue weighted by Crippen LogP contribution is -2.52. The van der Waals surface area contributed by atoms with E-state index in [-0.39, 0.29) is 6.03 Å². The van der Waals surface area contributed by atoms with E-state index in [1.165, 1.54) is 0 Å². The van der Waals surface area contributed by atoms with Crippen LogP contribution in [0.25, 0.3) is 0 Å². The standard InChI is InChI=1S/C11H22N4O/c1-15-4-2-10(3-5-15)14-11(16)13-8-9-6-12-7-9/h9-10,12H,2-8H2,1H3,(H2,13,14,16). The Labute approximate surface area is 96.9 Å². The van der Waals surface area contributed by atoms with E-state index in [1.807, 2.05) is 0 Å². The van der Waals surface area contributed by atoms with E-state index in [4.69, 9.17) is 0 Å². The van der Waals surface area contributed by atoms with Crippen molar-refractivity contribution in [1.29, 1.82) is 0 Å². The van der Waals surface area contributed by atoms with Gasteiger partial charge < -0.3 is 20.9 Å². The summed E-state index contributed by atoms with van der Waals surface area (Å²) < 4.78 is 0. The number of piperidine rings is 1. The molecule has 0 bridgehead atoms. The second-order valence-electron chi connectivity index (χ2n) is 4.96. The number of nitrogens with one attached hydrogen (secondary N) is 3. The summed E-state index contributed by atoms with van der Waals surface area (Å²) in [4.78, 5) is 13.9. The Kier molecular flexibility index (Phi) is 4.01. The van der Waals surface area contributed by atoms with Gasteiger partial charge in [0, 0.05) is 31.6 Å². The Morgan fingerprint density at radius 1 is 1.38 bits per heavy atom. The minimum atomic E-state index is 0.00135. The highest BCUT2D eigenvalue weighted by Gasteiger charge is 2.20. The molecule has 3 N–H and O–H groups in total. The Morgan fingerprint density at radius 2 is 2.06 bits per heavy atom. The zero-order valence-corrected chi connectivity index (χ0v) is 9.96. The molecule has 0 spiro atoms. The minimum absolute atomic E-state index is 0.00135. The average molecular weight is 226 g/mol. The van der Waals surface area contributed by atoms with Crippen LogP contribution in [-0.2, 0) is 0 Å². The lowest BCUT2D eigenvalue weighted by Gasteiger charge is -2.30. The number of rotatable bonds is 3. The molecule has 2 aliphatic rings. The number of urea groups is 1. The SMILES string of the molecule is CN1CCC(NC(=O)NCC2CNC2)CC1. The predicted molar refractivity (Wildman–Crippen MR) is 63.4 cm³/mol. The Morgan fingerprint density at radius 3 is 2.62 bits per heavy atom. The third-order valence-corrected chi connectivity index (χ3v) is 3.47. The summed E-state index contributed by atoms with van der Waals surface area (Å²) in [6, 6.07) is 0.358. The van der Waals surface area contributed by atoms with Gasteiger partial charge >= 0.3 is 6.03 Å². The van der Waals surface area contributed by atoms with Gasteiger partial charge in [-0.25, -0.2) is 4.79 Å². The summed E-state index contributed by atoms with van der Waals surface area (Å²) in [6.07, 6.45) is 2.13. The molecular weight excluding hydrogens is 204 g/mol. The van der Waals surface area contributed by atoms with E-state index in [2.05, 4.69) is 27.9 Å². The summed E-state index contributed by atoms with van der Waals surface area (Å²) in [5, 5.41) is 9.18. The first-order valence-electron chi connectivity index (χ1n) is 6.17. The largest absolute Gasteiger partial charge is 0.338 e. The molecule has 92 valence electrons. The van der Waals surface area contributed by atoms with Crippen LogP contribution in [0.2, 0.25) is 0 Å². The fraction of sp³-hybridized carbons (Fsp3) is 0.909. The van der Waals surface area contributed by atoms with Crippen LogP contribution in [0, 0.1) is 5.92 Å². The molecule has 2 aliphatic heterocycles. The van der Waals surface area contributed by atoms with Gasteiger partial charge in [-0.3, -0.25) is 0 Å². The first kappa shape index (κ1) is 11.7. The Bertz CT molecular complexity index is 234. The lowest BCUT2D eigenvalue weighted by molar-refractivity contribution is 0.211. The summed E-state index contributed by atoms with van der Waals surface area (Å²) in [5.74, 6) is 0.628. The van der Waals surface area contributed by atoms with Crippen LogP contribution in [0.1, 0.15) is 12.8 Å². The molecule has 5 heteroatoms. The van der Waals surface area contributed by atoms with Crippen LogP contribution in [0.15, 0.2) is 0 Å². The minimum Gasteiger partial charge on any atom is -0.338 e. The highest BCUT2D eigenvalue weighted by Crippen LogP contribution is 2.07. The highest BCUT2D eigenvalue weighted by atomic mass is 16.2. The van der Waals surface area contributed by atoms with Crippen LogP contribution in [0.4, 0.5) is 4.79 Å². The van der Waals surface area contributed by atoms with Crippen molar-refractivity contribution in [2.75, 3.05) is 39.8 Å². The maximum atomic E-state index is 11.6. The Balaban J connectivity index is 1.58. The zero-order valence-electron chi connectivity index (χ0n) is 9.96. The van der Waals surface area contributed by atoms with Gasteiger partial charge in [-0.2, -0.15) is 0 Å². The number of amides is 2. The van der Waals surface area contributed by atoms with Crippen molar-refractivity contribution >= 4 is 6.03 Å². The summed E-state index contributed by atoms with van der Waals surface area (Å²) in [7, 11) is 2.12. The third kappa shape index (κ3) is 3.35. The fourth-order valence-electron chi connectivity index (χ4n) is 2.12. The predicted octanol–water partition coefficient (Wildman–Crippen LogP) is -0.401. The van der Waals surface area contributed by atoms with E-state index in [0.717, 1.165) is 45.6 Å². The van der Waals surface area contributed by atoms with Crippen molar-refractivity contribution in [3.8, 4) is 0 Å².